The van der Waals surface area contributed by atoms with Gasteiger partial charge in [-0.25, -0.2) is 9.50 Å². The van der Waals surface area contributed by atoms with E-state index in [1.54, 1.807) is 0 Å². The molecule has 0 aliphatic carbocycles. The van der Waals surface area contributed by atoms with Gasteiger partial charge in [-0.2, -0.15) is 5.10 Å². The molecular weight excluding hydrogens is 284 g/mol. The van der Waals surface area contributed by atoms with Crippen molar-refractivity contribution in [1.82, 2.24) is 14.6 Å². The molecule has 0 saturated carbocycles. The third-order valence-corrected chi connectivity index (χ3v) is 4.21. The highest BCUT2D eigenvalue weighted by Crippen LogP contribution is 2.30. The minimum absolute atomic E-state index is 0.706. The smallest absolute Gasteiger partial charge is 0.178 e. The highest BCUT2D eigenvalue weighted by atomic mass is 35.5. The van der Waals surface area contributed by atoms with Crippen molar-refractivity contribution in [2.75, 3.05) is 18.0 Å². The largest absolute Gasteiger partial charge is 0.368 e. The lowest BCUT2D eigenvalue weighted by Crippen LogP contribution is -2.37. The van der Waals surface area contributed by atoms with Gasteiger partial charge in [-0.1, -0.05) is 17.7 Å². The molecule has 0 N–H and O–H groups in total. The Bertz CT molecular complexity index is 820. The van der Waals surface area contributed by atoms with Crippen molar-refractivity contribution in [2.24, 2.45) is 0 Å². The molecule has 0 unspecified atom stereocenters. The molecule has 4 rings (SSSR count). The molecule has 1 fully saturated rings. The molecule has 1 aliphatic heterocycles. The number of rotatable bonds is 2. The van der Waals surface area contributed by atoms with Crippen LogP contribution in [0, 0.1) is 13.1 Å². The Labute approximate surface area is 128 Å². The first-order valence-corrected chi connectivity index (χ1v) is 7.39. The molecule has 105 valence electrons. The average molecular weight is 298 g/mol. The van der Waals surface area contributed by atoms with E-state index in [-0.39, 0.29) is 0 Å². The number of anilines is 1. The number of hydrogen-bond acceptors (Lipinski definition) is 3. The van der Waals surface area contributed by atoms with Crippen molar-refractivity contribution in [3.63, 3.8) is 0 Å². The summed E-state index contributed by atoms with van der Waals surface area (Å²) in [7, 11) is 0. The molecule has 2 aromatic heterocycles. The van der Waals surface area contributed by atoms with Crippen LogP contribution in [0.2, 0.25) is 5.02 Å². The van der Waals surface area contributed by atoms with Crippen molar-refractivity contribution in [1.29, 1.82) is 0 Å². The molecule has 1 saturated heterocycles. The molecular formula is C16H14ClN4. The van der Waals surface area contributed by atoms with Gasteiger partial charge in [-0.15, -0.1) is 0 Å². The van der Waals surface area contributed by atoms with Crippen molar-refractivity contribution in [2.45, 2.75) is 13.3 Å². The fourth-order valence-electron chi connectivity index (χ4n) is 2.66. The van der Waals surface area contributed by atoms with Crippen LogP contribution in [0.5, 0.6) is 0 Å². The molecule has 1 radical (unpaired) electrons. The maximum absolute atomic E-state index is 6.13. The Morgan fingerprint density at radius 3 is 2.86 bits per heavy atom. The Kier molecular flexibility index (Phi) is 2.86. The average Bonchev–Trinajstić information content (AvgIpc) is 2.84. The van der Waals surface area contributed by atoms with E-state index in [2.05, 4.69) is 28.1 Å². The van der Waals surface area contributed by atoms with Gasteiger partial charge in [-0.3, -0.25) is 0 Å². The quantitative estimate of drug-likeness (QED) is 0.727. The second kappa shape index (κ2) is 4.74. The molecule has 0 amide bonds. The molecule has 1 aliphatic rings. The topological polar surface area (TPSA) is 33.4 Å². The summed E-state index contributed by atoms with van der Waals surface area (Å²) in [4.78, 5) is 6.77. The standard InChI is InChI=1S/C16H14ClN4/c1-11-3-4-12(17)9-13(11)15-10-18-16-14(20-7-2-8-20)5-6-19-21(15)16/h3-6,9H,2,7-8H2,1H3. The van der Waals surface area contributed by atoms with E-state index in [0.29, 0.717) is 5.02 Å². The zero-order chi connectivity index (χ0) is 14.4. The summed E-state index contributed by atoms with van der Waals surface area (Å²) in [5.74, 6) is 0. The maximum Gasteiger partial charge on any atom is 0.178 e. The van der Waals surface area contributed by atoms with E-state index in [1.807, 2.05) is 35.0 Å². The van der Waals surface area contributed by atoms with E-state index >= 15 is 0 Å². The first-order valence-electron chi connectivity index (χ1n) is 7.01. The van der Waals surface area contributed by atoms with Crippen LogP contribution in [0.3, 0.4) is 0 Å². The van der Waals surface area contributed by atoms with Gasteiger partial charge < -0.3 is 4.90 Å². The summed E-state index contributed by atoms with van der Waals surface area (Å²) < 4.78 is 1.85. The van der Waals surface area contributed by atoms with Crippen molar-refractivity contribution >= 4 is 22.9 Å². The predicted molar refractivity (Wildman–Crippen MR) is 83.8 cm³/mol. The van der Waals surface area contributed by atoms with E-state index < -0.39 is 0 Å². The van der Waals surface area contributed by atoms with Gasteiger partial charge in [0, 0.05) is 23.7 Å². The molecule has 1 aromatic carbocycles. The van der Waals surface area contributed by atoms with Crippen LogP contribution in [-0.2, 0) is 0 Å². The number of nitrogens with zero attached hydrogens (tertiary/aromatic N) is 4. The summed E-state index contributed by atoms with van der Waals surface area (Å²) in [5.41, 5.74) is 4.98. The van der Waals surface area contributed by atoms with Gasteiger partial charge in [0.25, 0.3) is 0 Å². The zero-order valence-corrected chi connectivity index (χ0v) is 12.4. The predicted octanol–water partition coefficient (Wildman–Crippen LogP) is 3.37. The van der Waals surface area contributed by atoms with Gasteiger partial charge >= 0.3 is 0 Å². The van der Waals surface area contributed by atoms with E-state index in [1.165, 1.54) is 6.42 Å². The summed E-state index contributed by atoms with van der Waals surface area (Å²) in [6, 6.07) is 7.85. The second-order valence-corrected chi connectivity index (χ2v) is 5.76. The lowest BCUT2D eigenvalue weighted by molar-refractivity contribution is 0.617. The molecule has 4 nitrogen and oxygen atoms in total. The monoisotopic (exact) mass is 297 g/mol. The minimum Gasteiger partial charge on any atom is -0.368 e. The SMILES string of the molecule is Cc1ccc(Cl)cc1-c1[c]nc2c(N3CCC3)ccnn12. The van der Waals surface area contributed by atoms with E-state index in [4.69, 9.17) is 11.6 Å². The third kappa shape index (κ3) is 1.98. The number of aromatic nitrogens is 3. The fourth-order valence-corrected chi connectivity index (χ4v) is 2.83. The number of aryl methyl sites for hydroxylation is 1. The van der Waals surface area contributed by atoms with E-state index in [9.17, 15) is 0 Å². The molecule has 0 atom stereocenters. The van der Waals surface area contributed by atoms with E-state index in [0.717, 1.165) is 41.2 Å². The fraction of sp³-hybridized carbons (Fsp3) is 0.250. The van der Waals surface area contributed by atoms with Gasteiger partial charge in [0.15, 0.2) is 5.65 Å². The molecule has 0 bridgehead atoms. The van der Waals surface area contributed by atoms with Crippen LogP contribution in [0.4, 0.5) is 5.69 Å². The van der Waals surface area contributed by atoms with Crippen molar-refractivity contribution in [3.8, 4) is 11.3 Å². The molecule has 21 heavy (non-hydrogen) atoms. The van der Waals surface area contributed by atoms with Crippen LogP contribution in [0.1, 0.15) is 12.0 Å². The number of benzene rings is 1. The number of imidazole rings is 1. The summed E-state index contributed by atoms with van der Waals surface area (Å²) in [6.07, 6.45) is 6.16. The third-order valence-electron chi connectivity index (χ3n) is 3.98. The van der Waals surface area contributed by atoms with Crippen LogP contribution < -0.4 is 4.90 Å². The van der Waals surface area contributed by atoms with Gasteiger partial charge in [-0.05, 0) is 37.1 Å². The lowest BCUT2D eigenvalue weighted by atomic mass is 10.1. The Hall–Kier alpha value is -2.07. The first-order chi connectivity index (χ1) is 10.2. The first kappa shape index (κ1) is 12.7. The van der Waals surface area contributed by atoms with Gasteiger partial charge in [0.2, 0.25) is 0 Å². The summed E-state index contributed by atoms with van der Waals surface area (Å²) in [6.45, 7) is 4.22. The molecule has 0 spiro atoms. The Morgan fingerprint density at radius 2 is 2.10 bits per heavy atom. The minimum atomic E-state index is 0.706. The Morgan fingerprint density at radius 1 is 1.24 bits per heavy atom. The molecule has 3 aromatic rings. The molecule has 5 heteroatoms. The molecule has 3 heterocycles. The number of halogens is 1. The Balaban J connectivity index is 1.92. The van der Waals surface area contributed by atoms with Crippen LogP contribution >= 0.6 is 11.6 Å². The highest BCUT2D eigenvalue weighted by Gasteiger charge is 2.20. The normalized spacial score (nSPS) is 14.5. The van der Waals surface area contributed by atoms with Gasteiger partial charge in [0.05, 0.1) is 11.9 Å². The second-order valence-electron chi connectivity index (χ2n) is 5.32. The maximum atomic E-state index is 6.13. The van der Waals surface area contributed by atoms with Crippen molar-refractivity contribution < 1.29 is 0 Å². The van der Waals surface area contributed by atoms with Gasteiger partial charge in [0.1, 0.15) is 11.9 Å². The van der Waals surface area contributed by atoms with Crippen molar-refractivity contribution in [3.05, 3.63) is 47.2 Å². The van der Waals surface area contributed by atoms with Crippen LogP contribution in [0.25, 0.3) is 16.9 Å². The number of fused-ring (bicyclic) bond motifs is 1. The van der Waals surface area contributed by atoms with Crippen LogP contribution in [0.15, 0.2) is 30.5 Å². The summed E-state index contributed by atoms with van der Waals surface area (Å²) >= 11 is 6.13. The zero-order valence-electron chi connectivity index (χ0n) is 11.7. The number of hydrogen-bond donors (Lipinski definition) is 0. The highest BCUT2D eigenvalue weighted by molar-refractivity contribution is 6.30. The lowest BCUT2D eigenvalue weighted by Gasteiger charge is -2.32. The van der Waals surface area contributed by atoms with Crippen LogP contribution in [-0.4, -0.2) is 27.7 Å². The summed E-state index contributed by atoms with van der Waals surface area (Å²) in [5, 5.41) is 5.15.